The molecule has 38 heavy (non-hydrogen) atoms. The molecule has 0 aromatic heterocycles. The van der Waals surface area contributed by atoms with E-state index in [9.17, 15) is 20.1 Å². The summed E-state index contributed by atoms with van der Waals surface area (Å²) in [6, 6.07) is 11.5. The molecule has 3 aromatic carbocycles. The van der Waals surface area contributed by atoms with E-state index in [0.29, 0.717) is 27.8 Å². The number of benzene rings is 3. The van der Waals surface area contributed by atoms with E-state index in [2.05, 4.69) is 0 Å². The number of methoxy groups -OCH3 is 4. The Morgan fingerprint density at radius 1 is 0.895 bits per heavy atom. The van der Waals surface area contributed by atoms with Gasteiger partial charge in [0.15, 0.2) is 29.1 Å². The molecule has 0 spiro atoms. The maximum absolute atomic E-state index is 13.3. The van der Waals surface area contributed by atoms with Crippen LogP contribution in [0.15, 0.2) is 42.5 Å². The molecule has 3 atom stereocenters. The van der Waals surface area contributed by atoms with E-state index in [1.165, 1.54) is 34.5 Å². The number of rotatable bonds is 6. The second-order valence-electron chi connectivity index (χ2n) is 9.40. The molecule has 0 radical (unpaired) electrons. The van der Waals surface area contributed by atoms with Gasteiger partial charge in [-0.2, -0.15) is 0 Å². The lowest BCUT2D eigenvalue weighted by Gasteiger charge is -2.41. The van der Waals surface area contributed by atoms with E-state index in [1.807, 2.05) is 6.92 Å². The number of phenolic OH excluding ortho intramolecular Hbond substituents is 2. The topological polar surface area (TPSA) is 124 Å². The van der Waals surface area contributed by atoms with E-state index in [1.54, 1.807) is 43.3 Å². The fourth-order valence-electron chi connectivity index (χ4n) is 5.00. The van der Waals surface area contributed by atoms with Crippen molar-refractivity contribution in [2.45, 2.75) is 32.0 Å². The Balaban J connectivity index is 2.13. The Bertz CT molecular complexity index is 1350. The summed E-state index contributed by atoms with van der Waals surface area (Å²) in [5.41, 5.74) is 0.383. The van der Waals surface area contributed by atoms with Gasteiger partial charge in [0, 0.05) is 16.7 Å². The minimum atomic E-state index is -1.60. The van der Waals surface area contributed by atoms with Gasteiger partial charge in [0.25, 0.3) is 0 Å². The third-order valence-corrected chi connectivity index (χ3v) is 7.20. The van der Waals surface area contributed by atoms with Crippen LogP contribution < -0.4 is 18.9 Å². The first-order valence-electron chi connectivity index (χ1n) is 12.0. The lowest BCUT2D eigenvalue weighted by molar-refractivity contribution is -0.107. The molecule has 9 nitrogen and oxygen atoms in total. The van der Waals surface area contributed by atoms with E-state index in [-0.39, 0.29) is 35.2 Å². The molecule has 0 bridgehead atoms. The highest BCUT2D eigenvalue weighted by atomic mass is 16.6. The van der Waals surface area contributed by atoms with Gasteiger partial charge in [0.2, 0.25) is 11.5 Å². The number of carbonyl (C=O) groups is 1. The Kier molecular flexibility index (Phi) is 7.33. The molecule has 202 valence electrons. The van der Waals surface area contributed by atoms with Crippen LogP contribution >= 0.6 is 0 Å². The number of hydrogen-bond donors (Lipinski definition) is 3. The van der Waals surface area contributed by atoms with Gasteiger partial charge in [-0.1, -0.05) is 25.1 Å². The molecular formula is C29H32O9. The summed E-state index contributed by atoms with van der Waals surface area (Å²) in [6.45, 7) is 3.41. The number of carbonyl (C=O) groups excluding carboxylic acids is 1. The zero-order valence-corrected chi connectivity index (χ0v) is 22.2. The van der Waals surface area contributed by atoms with Crippen molar-refractivity contribution in [1.82, 2.24) is 0 Å². The maximum atomic E-state index is 13.3. The largest absolute Gasteiger partial charge is 0.504 e. The van der Waals surface area contributed by atoms with Crippen LogP contribution in [0.2, 0.25) is 0 Å². The molecule has 0 aliphatic heterocycles. The van der Waals surface area contributed by atoms with Gasteiger partial charge < -0.3 is 39.0 Å². The molecule has 4 rings (SSSR count). The van der Waals surface area contributed by atoms with Crippen LogP contribution in [0.25, 0.3) is 11.1 Å². The second kappa shape index (κ2) is 10.3. The normalized spacial score (nSPS) is 20.3. The Labute approximate surface area is 221 Å². The fourth-order valence-corrected chi connectivity index (χ4v) is 5.00. The number of aromatic hydroxyl groups is 2. The predicted molar refractivity (Wildman–Crippen MR) is 140 cm³/mol. The highest BCUT2D eigenvalue weighted by Gasteiger charge is 2.46. The van der Waals surface area contributed by atoms with Crippen molar-refractivity contribution in [3.05, 3.63) is 59.2 Å². The summed E-state index contributed by atoms with van der Waals surface area (Å²) >= 11 is 0. The van der Waals surface area contributed by atoms with Gasteiger partial charge in [0.05, 0.1) is 34.0 Å². The van der Waals surface area contributed by atoms with Crippen molar-refractivity contribution in [1.29, 1.82) is 0 Å². The van der Waals surface area contributed by atoms with Crippen molar-refractivity contribution in [2.24, 2.45) is 5.92 Å². The second-order valence-corrected chi connectivity index (χ2v) is 9.40. The number of aliphatic hydroxyl groups is 1. The molecule has 0 amide bonds. The zero-order chi connectivity index (χ0) is 27.8. The van der Waals surface area contributed by atoms with Crippen molar-refractivity contribution < 1.29 is 43.8 Å². The van der Waals surface area contributed by atoms with E-state index >= 15 is 0 Å². The van der Waals surface area contributed by atoms with E-state index < -0.39 is 29.3 Å². The quantitative estimate of drug-likeness (QED) is 0.312. The first-order chi connectivity index (χ1) is 18.1. The van der Waals surface area contributed by atoms with Crippen LogP contribution in [0.1, 0.15) is 41.4 Å². The molecule has 1 aliphatic rings. The summed E-state index contributed by atoms with van der Waals surface area (Å²) in [5.74, 6) is -1.24. The summed E-state index contributed by atoms with van der Waals surface area (Å²) < 4.78 is 28.6. The van der Waals surface area contributed by atoms with E-state index in [0.717, 1.165) is 0 Å². The summed E-state index contributed by atoms with van der Waals surface area (Å²) in [7, 11) is 5.71. The molecule has 0 heterocycles. The zero-order valence-electron chi connectivity index (χ0n) is 22.2. The Hall–Kier alpha value is -4.11. The summed E-state index contributed by atoms with van der Waals surface area (Å²) in [4.78, 5) is 13.3. The lowest BCUT2D eigenvalue weighted by Crippen LogP contribution is -2.43. The molecule has 0 saturated heterocycles. The molecule has 3 N–H and O–H groups in total. The lowest BCUT2D eigenvalue weighted by atomic mass is 9.73. The number of hydrogen-bond acceptors (Lipinski definition) is 9. The molecule has 1 aliphatic carbocycles. The number of phenols is 2. The third-order valence-electron chi connectivity index (χ3n) is 7.20. The Morgan fingerprint density at radius 3 is 2.11 bits per heavy atom. The monoisotopic (exact) mass is 524 g/mol. The summed E-state index contributed by atoms with van der Waals surface area (Å²) in [6.07, 6.45) is -0.967. The first-order valence-corrected chi connectivity index (χ1v) is 12.0. The van der Waals surface area contributed by atoms with Crippen LogP contribution in [-0.4, -0.2) is 55.3 Å². The standard InChI is InChI=1S/C29H32O9/c1-15-12-17-13-19(30)23(31)25(36-5)21(17)22-18(14-20(34-3)24(35-4)26(22)37-6)27(29(15,2)33)38-28(32)16-10-8-7-9-11-16/h7-11,13-15,27,30-31,33H,12H2,1-6H3/t15-,27-,29-/m0/s1. The number of esters is 1. The maximum Gasteiger partial charge on any atom is 0.338 e. The molecule has 3 aromatic rings. The molecule has 0 saturated carbocycles. The number of ether oxygens (including phenoxy) is 5. The van der Waals surface area contributed by atoms with Crippen LogP contribution in [0, 0.1) is 5.92 Å². The molecule has 9 heteroatoms. The third kappa shape index (κ3) is 4.32. The van der Waals surface area contributed by atoms with Crippen LogP contribution in [0.3, 0.4) is 0 Å². The minimum Gasteiger partial charge on any atom is -0.504 e. The number of fused-ring (bicyclic) bond motifs is 3. The fraction of sp³-hybridized carbons (Fsp3) is 0.345. The van der Waals surface area contributed by atoms with Crippen LogP contribution in [-0.2, 0) is 11.2 Å². The van der Waals surface area contributed by atoms with Gasteiger partial charge in [-0.3, -0.25) is 0 Å². The smallest absolute Gasteiger partial charge is 0.338 e. The molecule has 0 fully saturated rings. The van der Waals surface area contributed by atoms with Crippen molar-refractivity contribution in [3.63, 3.8) is 0 Å². The van der Waals surface area contributed by atoms with Gasteiger partial charge in [0.1, 0.15) is 5.60 Å². The van der Waals surface area contributed by atoms with Crippen molar-refractivity contribution in [3.8, 4) is 45.6 Å². The van der Waals surface area contributed by atoms with Crippen LogP contribution in [0.5, 0.6) is 34.5 Å². The van der Waals surface area contributed by atoms with E-state index in [4.69, 9.17) is 23.7 Å². The van der Waals surface area contributed by atoms with Crippen molar-refractivity contribution in [2.75, 3.05) is 28.4 Å². The van der Waals surface area contributed by atoms with Gasteiger partial charge in [-0.05, 0) is 49.1 Å². The Morgan fingerprint density at radius 2 is 1.53 bits per heavy atom. The van der Waals surface area contributed by atoms with Gasteiger partial charge in [-0.15, -0.1) is 0 Å². The predicted octanol–water partition coefficient (Wildman–Crippen LogP) is 4.64. The minimum absolute atomic E-state index is 0.00588. The average Bonchev–Trinajstić information content (AvgIpc) is 2.92. The highest BCUT2D eigenvalue weighted by Crippen LogP contribution is 2.58. The van der Waals surface area contributed by atoms with Gasteiger partial charge >= 0.3 is 5.97 Å². The summed E-state index contributed by atoms with van der Waals surface area (Å²) in [5, 5.41) is 33.2. The SMILES string of the molecule is COc1cc2c(c(OC)c1OC)-c1c(cc(O)c(O)c1OC)C[C@H](C)[C@](C)(O)[C@H]2OC(=O)c1ccccc1. The van der Waals surface area contributed by atoms with Gasteiger partial charge in [-0.25, -0.2) is 4.79 Å². The highest BCUT2D eigenvalue weighted by molar-refractivity contribution is 5.91. The van der Waals surface area contributed by atoms with Crippen LogP contribution in [0.4, 0.5) is 0 Å². The molecular weight excluding hydrogens is 492 g/mol. The van der Waals surface area contributed by atoms with Crippen molar-refractivity contribution >= 4 is 5.97 Å². The molecule has 0 unspecified atom stereocenters. The average molecular weight is 525 g/mol. The first kappa shape index (κ1) is 26.9.